The van der Waals surface area contributed by atoms with Gasteiger partial charge in [0.2, 0.25) is 5.95 Å². The van der Waals surface area contributed by atoms with Crippen LogP contribution in [0.5, 0.6) is 5.75 Å². The second kappa shape index (κ2) is 17.5. The Balaban J connectivity index is 1.32. The lowest BCUT2D eigenvalue weighted by atomic mass is 10.0. The van der Waals surface area contributed by atoms with Crippen molar-refractivity contribution in [1.82, 2.24) is 24.6 Å². The van der Waals surface area contributed by atoms with Crippen LogP contribution < -0.4 is 25.7 Å². The van der Waals surface area contributed by atoms with Crippen LogP contribution in [0.2, 0.25) is 5.04 Å². The van der Waals surface area contributed by atoms with Gasteiger partial charge in [-0.2, -0.15) is 10.1 Å². The summed E-state index contributed by atoms with van der Waals surface area (Å²) in [6.07, 6.45) is 4.07. The van der Waals surface area contributed by atoms with Crippen molar-refractivity contribution in [2.24, 2.45) is 0 Å². The van der Waals surface area contributed by atoms with Crippen LogP contribution in [-0.4, -0.2) is 83.7 Å². The van der Waals surface area contributed by atoms with Crippen LogP contribution in [0.4, 0.5) is 21.4 Å². The Hall–Kier alpha value is -5.47. The predicted molar refractivity (Wildman–Crippen MR) is 221 cm³/mol. The van der Waals surface area contributed by atoms with Gasteiger partial charge >= 0.3 is 12.2 Å². The molecule has 296 valence electrons. The minimum atomic E-state index is -2.75. The molecule has 0 bridgehead atoms. The minimum absolute atomic E-state index is 0.0388. The number of benzene rings is 3. The van der Waals surface area contributed by atoms with E-state index < -0.39 is 20.5 Å². The number of rotatable bonds is 15. The van der Waals surface area contributed by atoms with Gasteiger partial charge in [-0.1, -0.05) is 107 Å². The Kier molecular flexibility index (Phi) is 12.6. The molecule has 0 aliphatic carbocycles. The molecule has 3 heterocycles. The van der Waals surface area contributed by atoms with Crippen LogP contribution >= 0.6 is 0 Å². The highest BCUT2D eigenvalue weighted by molar-refractivity contribution is 6.99. The van der Waals surface area contributed by atoms with E-state index >= 15 is 0 Å². The van der Waals surface area contributed by atoms with Crippen LogP contribution in [0.25, 0.3) is 11.0 Å². The molecule has 5 aromatic rings. The first-order chi connectivity index (χ1) is 27.0. The molecule has 2 unspecified atom stereocenters. The van der Waals surface area contributed by atoms with E-state index in [-0.39, 0.29) is 23.1 Å². The normalized spacial score (nSPS) is 15.1. The molecule has 13 nitrogen and oxygen atoms in total. The van der Waals surface area contributed by atoms with Gasteiger partial charge < -0.3 is 29.2 Å². The van der Waals surface area contributed by atoms with E-state index in [2.05, 4.69) is 91.8 Å². The molecule has 0 saturated carbocycles. The average molecular weight is 780 g/mol. The summed E-state index contributed by atoms with van der Waals surface area (Å²) in [5.41, 5.74) is 2.94. The van der Waals surface area contributed by atoms with Crippen molar-refractivity contribution in [2.45, 2.75) is 83.5 Å². The third-order valence-corrected chi connectivity index (χ3v) is 15.6. The number of fused-ring (bicyclic) bond motifs is 1. The molecule has 1 fully saturated rings. The number of carbonyl (C=O) groups is 2. The molecule has 3 aromatic carbocycles. The van der Waals surface area contributed by atoms with Gasteiger partial charge in [0, 0.05) is 24.8 Å². The molecular formula is C42H53N7O6Si. The molecule has 6 rings (SSSR count). The van der Waals surface area contributed by atoms with E-state index in [4.69, 9.17) is 24.0 Å². The first-order valence-corrected chi connectivity index (χ1v) is 21.2. The minimum Gasteiger partial charge on any atom is -0.496 e. The van der Waals surface area contributed by atoms with E-state index in [1.165, 1.54) is 22.4 Å². The smallest absolute Gasteiger partial charge is 0.413 e. The fraction of sp³-hybridized carbons (Fsp3) is 0.405. The molecule has 1 aliphatic heterocycles. The highest BCUT2D eigenvalue weighted by Crippen LogP contribution is 2.38. The molecule has 1 saturated heterocycles. The highest BCUT2D eigenvalue weighted by atomic mass is 28.4. The number of amides is 2. The zero-order chi connectivity index (χ0) is 39.9. The number of hydrogen-bond donors (Lipinski definition) is 3. The number of carboxylic acid groups (broad SMARTS) is 1. The second-order valence-corrected chi connectivity index (χ2v) is 19.5. The van der Waals surface area contributed by atoms with Gasteiger partial charge in [-0.15, -0.1) is 0 Å². The number of anilines is 2. The molecule has 0 spiro atoms. The van der Waals surface area contributed by atoms with Gasteiger partial charge in [0.1, 0.15) is 16.8 Å². The lowest BCUT2D eigenvalue weighted by Gasteiger charge is -2.43. The molecular weight excluding hydrogens is 727 g/mol. The quantitative estimate of drug-likeness (QED) is 0.0916. The van der Waals surface area contributed by atoms with Gasteiger partial charge in [-0.05, 0) is 52.7 Å². The standard InChI is InChI=1S/C42H53N7O6Si/c1-7-15-31(23-25-55-56(42(2,3)4,32-16-10-8-11-17-32)33-18-12-9-13-19-33)44-38-37-34(45-39(46-38)47-40(50)54-6)27-43-49(37)28-30-22-21-29(26-36(30)53-5)35-20-14-24-48(35)41(51)52/h8-13,16-19,21-22,26-27,31,35H,7,14-15,20,23-25,28H2,1-6H3,(H,51,52)(H2,44,45,46,47,50). The molecule has 2 atom stereocenters. The zero-order valence-corrected chi connectivity index (χ0v) is 34.1. The maximum Gasteiger partial charge on any atom is 0.413 e. The molecule has 1 aliphatic rings. The Bertz CT molecular complexity index is 2070. The van der Waals surface area contributed by atoms with Crippen LogP contribution in [0.1, 0.15) is 77.0 Å². The number of aromatic nitrogens is 4. The van der Waals surface area contributed by atoms with Gasteiger partial charge in [-0.25, -0.2) is 14.6 Å². The highest BCUT2D eigenvalue weighted by Gasteiger charge is 2.50. The maximum atomic E-state index is 12.3. The fourth-order valence-corrected chi connectivity index (χ4v) is 12.5. The largest absolute Gasteiger partial charge is 0.496 e. The van der Waals surface area contributed by atoms with Crippen molar-refractivity contribution in [3.05, 3.63) is 96.2 Å². The van der Waals surface area contributed by atoms with Crippen molar-refractivity contribution >= 4 is 53.7 Å². The first-order valence-electron chi connectivity index (χ1n) is 19.3. The number of carbonyl (C=O) groups excluding carboxylic acids is 1. The summed E-state index contributed by atoms with van der Waals surface area (Å²) >= 11 is 0. The van der Waals surface area contributed by atoms with Crippen LogP contribution in [0, 0.1) is 0 Å². The number of hydrogen-bond acceptors (Lipinski definition) is 9. The van der Waals surface area contributed by atoms with Crippen LogP contribution in [0.3, 0.4) is 0 Å². The van der Waals surface area contributed by atoms with Crippen LogP contribution in [-0.2, 0) is 15.7 Å². The molecule has 3 N–H and O–H groups in total. The van der Waals surface area contributed by atoms with E-state index in [0.29, 0.717) is 48.7 Å². The zero-order valence-electron chi connectivity index (χ0n) is 33.1. The van der Waals surface area contributed by atoms with Crippen molar-refractivity contribution in [2.75, 3.05) is 38.0 Å². The van der Waals surface area contributed by atoms with E-state index in [1.54, 1.807) is 13.3 Å². The number of nitrogens with one attached hydrogen (secondary N) is 2. The molecule has 2 amide bonds. The number of likely N-dealkylation sites (tertiary alicyclic amines) is 1. The van der Waals surface area contributed by atoms with E-state index in [0.717, 1.165) is 36.8 Å². The molecule has 0 radical (unpaired) electrons. The van der Waals surface area contributed by atoms with Crippen LogP contribution in [0.15, 0.2) is 85.1 Å². The molecule has 14 heteroatoms. The summed E-state index contributed by atoms with van der Waals surface area (Å²) in [5.74, 6) is 1.24. The molecule has 2 aromatic heterocycles. The van der Waals surface area contributed by atoms with Gasteiger partial charge in [0.05, 0.1) is 33.0 Å². The van der Waals surface area contributed by atoms with Crippen molar-refractivity contribution < 1.29 is 28.6 Å². The predicted octanol–water partition coefficient (Wildman–Crippen LogP) is 7.42. The lowest BCUT2D eigenvalue weighted by molar-refractivity contribution is 0.140. The third kappa shape index (κ3) is 8.50. The fourth-order valence-electron chi connectivity index (χ4n) is 7.97. The Morgan fingerprint density at radius 3 is 2.29 bits per heavy atom. The number of ether oxygens (including phenoxy) is 2. The van der Waals surface area contributed by atoms with E-state index in [1.807, 2.05) is 35.0 Å². The SMILES string of the molecule is CCCC(CCO[Si](c1ccccc1)(c1ccccc1)C(C)(C)C)Nc1nc(NC(=O)OC)nc2cnn(Cc3ccc(C4CCCN4C(=O)O)cc3OC)c12. The van der Waals surface area contributed by atoms with Crippen molar-refractivity contribution in [3.8, 4) is 5.75 Å². The topological polar surface area (TPSA) is 153 Å². The third-order valence-electron chi connectivity index (χ3n) is 10.6. The number of nitrogens with zero attached hydrogens (tertiary/aromatic N) is 5. The Morgan fingerprint density at radius 2 is 1.68 bits per heavy atom. The van der Waals surface area contributed by atoms with Crippen molar-refractivity contribution in [1.29, 1.82) is 0 Å². The summed E-state index contributed by atoms with van der Waals surface area (Å²) in [6.45, 7) is 10.3. The summed E-state index contributed by atoms with van der Waals surface area (Å²) in [4.78, 5) is 35.0. The number of methoxy groups -OCH3 is 2. The average Bonchev–Trinajstić information content (AvgIpc) is 3.85. The second-order valence-electron chi connectivity index (χ2n) is 15.2. The van der Waals surface area contributed by atoms with Gasteiger partial charge in [0.15, 0.2) is 5.82 Å². The summed E-state index contributed by atoms with van der Waals surface area (Å²) in [5, 5.41) is 23.1. The van der Waals surface area contributed by atoms with Gasteiger partial charge in [-0.3, -0.25) is 10.00 Å². The summed E-state index contributed by atoms with van der Waals surface area (Å²) < 4.78 is 19.8. The monoisotopic (exact) mass is 779 g/mol. The maximum absolute atomic E-state index is 12.3. The summed E-state index contributed by atoms with van der Waals surface area (Å²) in [6, 6.07) is 26.8. The van der Waals surface area contributed by atoms with E-state index in [9.17, 15) is 14.7 Å². The summed E-state index contributed by atoms with van der Waals surface area (Å²) in [7, 11) is 0.148. The van der Waals surface area contributed by atoms with Crippen molar-refractivity contribution in [3.63, 3.8) is 0 Å². The first kappa shape index (κ1) is 40.2. The Labute approximate surface area is 329 Å². The molecule has 56 heavy (non-hydrogen) atoms. The Morgan fingerprint density at radius 1 is 0.982 bits per heavy atom. The van der Waals surface area contributed by atoms with Gasteiger partial charge in [0.25, 0.3) is 8.32 Å². The lowest BCUT2D eigenvalue weighted by Crippen LogP contribution is -2.66.